The molecule has 94 valence electrons. The van der Waals surface area contributed by atoms with Crippen LogP contribution in [-0.4, -0.2) is 16.5 Å². The van der Waals surface area contributed by atoms with Crippen LogP contribution in [0, 0.1) is 13.8 Å². The van der Waals surface area contributed by atoms with Crippen molar-refractivity contribution in [2.75, 3.05) is 5.75 Å². The molecule has 0 aliphatic rings. The maximum absolute atomic E-state index is 11.9. The number of oxazole rings is 1. The Hall–Kier alpha value is -1.07. The molecule has 0 radical (unpaired) electrons. The van der Waals surface area contributed by atoms with E-state index in [-0.39, 0.29) is 5.78 Å². The number of carbonyl (C=O) groups excluding carboxylic acids is 1. The Morgan fingerprint density at radius 3 is 2.56 bits per heavy atom. The Bertz CT molecular complexity index is 543. The van der Waals surface area contributed by atoms with E-state index in [1.54, 1.807) is 12.1 Å². The zero-order valence-electron chi connectivity index (χ0n) is 10.1. The quantitative estimate of drug-likeness (QED) is 0.628. The number of hydrogen-bond donors (Lipinski definition) is 0. The Morgan fingerprint density at radius 1 is 1.33 bits per heavy atom. The fraction of sp³-hybridized carbons (Fsp3) is 0.231. The number of carbonyl (C=O) groups is 1. The van der Waals surface area contributed by atoms with Gasteiger partial charge in [0.25, 0.3) is 5.22 Å². The van der Waals surface area contributed by atoms with Gasteiger partial charge >= 0.3 is 0 Å². The van der Waals surface area contributed by atoms with Crippen LogP contribution < -0.4 is 0 Å². The fourth-order valence-corrected chi connectivity index (χ4v) is 2.42. The molecule has 1 aromatic heterocycles. The number of ketones is 1. The average molecular weight is 326 g/mol. The number of hydrogen-bond acceptors (Lipinski definition) is 4. The van der Waals surface area contributed by atoms with Gasteiger partial charge in [-0.2, -0.15) is 0 Å². The maximum atomic E-state index is 11.9. The molecule has 1 aromatic carbocycles. The molecule has 0 saturated carbocycles. The molecule has 5 heteroatoms. The van der Waals surface area contributed by atoms with E-state index >= 15 is 0 Å². The molecule has 0 unspecified atom stereocenters. The van der Waals surface area contributed by atoms with Crippen LogP contribution in [0.15, 0.2) is 38.4 Å². The fourth-order valence-electron chi connectivity index (χ4n) is 1.35. The standard InChI is InChI=1S/C13H12BrNO2S/c1-8-9(2)17-13(15-8)18-7-12(16)10-3-5-11(14)6-4-10/h3-6H,7H2,1-2H3. The molecule has 0 fully saturated rings. The molecule has 0 bridgehead atoms. The predicted molar refractivity (Wildman–Crippen MR) is 75.2 cm³/mol. The average Bonchev–Trinajstić information content (AvgIpc) is 2.67. The first-order valence-electron chi connectivity index (χ1n) is 5.42. The molecule has 2 aromatic rings. The highest BCUT2D eigenvalue weighted by Gasteiger charge is 2.10. The van der Waals surface area contributed by atoms with Crippen molar-refractivity contribution in [1.29, 1.82) is 0 Å². The summed E-state index contributed by atoms with van der Waals surface area (Å²) in [6, 6.07) is 7.33. The van der Waals surface area contributed by atoms with E-state index in [2.05, 4.69) is 20.9 Å². The number of benzene rings is 1. The van der Waals surface area contributed by atoms with Gasteiger partial charge in [-0.05, 0) is 26.0 Å². The first kappa shape index (κ1) is 13.4. The maximum Gasteiger partial charge on any atom is 0.256 e. The number of halogens is 1. The molecule has 0 N–H and O–H groups in total. The molecule has 18 heavy (non-hydrogen) atoms. The van der Waals surface area contributed by atoms with Gasteiger partial charge in [-0.15, -0.1) is 0 Å². The van der Waals surface area contributed by atoms with Gasteiger partial charge in [0, 0.05) is 10.0 Å². The largest absolute Gasteiger partial charge is 0.437 e. The van der Waals surface area contributed by atoms with Crippen LogP contribution in [0.2, 0.25) is 0 Å². The van der Waals surface area contributed by atoms with Gasteiger partial charge in [0.05, 0.1) is 11.4 Å². The van der Waals surface area contributed by atoms with Crippen molar-refractivity contribution >= 4 is 33.5 Å². The third-order valence-corrected chi connectivity index (χ3v) is 3.86. The summed E-state index contributed by atoms with van der Waals surface area (Å²) in [5.41, 5.74) is 1.57. The number of nitrogens with zero attached hydrogens (tertiary/aromatic N) is 1. The number of aryl methyl sites for hydroxylation is 2. The van der Waals surface area contributed by atoms with Gasteiger partial charge in [0.2, 0.25) is 0 Å². The molecule has 0 spiro atoms. The van der Waals surface area contributed by atoms with Crippen LogP contribution in [0.25, 0.3) is 0 Å². The lowest BCUT2D eigenvalue weighted by Gasteiger charge is -1.99. The van der Waals surface area contributed by atoms with Crippen LogP contribution in [0.5, 0.6) is 0 Å². The number of aromatic nitrogens is 1. The van der Waals surface area contributed by atoms with E-state index in [1.807, 2.05) is 26.0 Å². The van der Waals surface area contributed by atoms with Crippen LogP contribution in [0.4, 0.5) is 0 Å². The summed E-state index contributed by atoms with van der Waals surface area (Å²) < 4.78 is 6.38. The SMILES string of the molecule is Cc1nc(SCC(=O)c2ccc(Br)cc2)oc1C. The lowest BCUT2D eigenvalue weighted by molar-refractivity contribution is 0.102. The van der Waals surface area contributed by atoms with Crippen LogP contribution >= 0.6 is 27.7 Å². The van der Waals surface area contributed by atoms with Crippen molar-refractivity contribution in [3.63, 3.8) is 0 Å². The third kappa shape index (κ3) is 3.23. The summed E-state index contributed by atoms with van der Waals surface area (Å²) >= 11 is 4.66. The van der Waals surface area contributed by atoms with Gasteiger partial charge in [-0.1, -0.05) is 39.8 Å². The van der Waals surface area contributed by atoms with E-state index in [0.29, 0.717) is 16.5 Å². The molecule has 3 nitrogen and oxygen atoms in total. The zero-order chi connectivity index (χ0) is 13.1. The van der Waals surface area contributed by atoms with Crippen molar-refractivity contribution in [3.05, 3.63) is 45.8 Å². The first-order chi connectivity index (χ1) is 8.56. The highest BCUT2D eigenvalue weighted by atomic mass is 79.9. The first-order valence-corrected chi connectivity index (χ1v) is 7.19. The molecule has 0 saturated heterocycles. The molecule has 0 atom stereocenters. The van der Waals surface area contributed by atoms with E-state index in [1.165, 1.54) is 11.8 Å². The monoisotopic (exact) mass is 325 g/mol. The minimum Gasteiger partial charge on any atom is -0.437 e. The second kappa shape index (κ2) is 5.71. The van der Waals surface area contributed by atoms with Crippen molar-refractivity contribution in [2.24, 2.45) is 0 Å². The van der Waals surface area contributed by atoms with Gasteiger partial charge in [-0.3, -0.25) is 4.79 Å². The Morgan fingerprint density at radius 2 is 2.00 bits per heavy atom. The van der Waals surface area contributed by atoms with Crippen molar-refractivity contribution < 1.29 is 9.21 Å². The lowest BCUT2D eigenvalue weighted by atomic mass is 10.2. The minimum atomic E-state index is 0.0704. The smallest absolute Gasteiger partial charge is 0.256 e. The van der Waals surface area contributed by atoms with Crippen molar-refractivity contribution in [2.45, 2.75) is 19.1 Å². The van der Waals surface area contributed by atoms with E-state index in [4.69, 9.17) is 4.42 Å². The summed E-state index contributed by atoms with van der Waals surface area (Å²) in [5.74, 6) is 1.20. The molecular weight excluding hydrogens is 314 g/mol. The third-order valence-electron chi connectivity index (χ3n) is 2.50. The molecule has 1 heterocycles. The van der Waals surface area contributed by atoms with Crippen LogP contribution in [0.3, 0.4) is 0 Å². The highest BCUT2D eigenvalue weighted by molar-refractivity contribution is 9.10. The van der Waals surface area contributed by atoms with E-state index in [9.17, 15) is 4.79 Å². The predicted octanol–water partition coefficient (Wildman–Crippen LogP) is 4.03. The highest BCUT2D eigenvalue weighted by Crippen LogP contribution is 2.21. The normalized spacial score (nSPS) is 10.6. The Labute approximate surface area is 118 Å². The van der Waals surface area contributed by atoms with Crippen LogP contribution in [0.1, 0.15) is 21.8 Å². The topological polar surface area (TPSA) is 43.1 Å². The summed E-state index contributed by atoms with van der Waals surface area (Å²) in [7, 11) is 0. The zero-order valence-corrected chi connectivity index (χ0v) is 12.5. The molecule has 0 aliphatic heterocycles. The number of rotatable bonds is 4. The van der Waals surface area contributed by atoms with E-state index < -0.39 is 0 Å². The van der Waals surface area contributed by atoms with E-state index in [0.717, 1.165) is 15.9 Å². The molecular formula is C13H12BrNO2S. The summed E-state index contributed by atoms with van der Waals surface area (Å²) in [5, 5.41) is 0.551. The molecule has 2 rings (SSSR count). The van der Waals surface area contributed by atoms with Gasteiger partial charge in [0.1, 0.15) is 5.76 Å². The summed E-state index contributed by atoms with van der Waals surface area (Å²) in [6.07, 6.45) is 0. The van der Waals surface area contributed by atoms with Crippen molar-refractivity contribution in [3.8, 4) is 0 Å². The molecule has 0 amide bonds. The second-order valence-electron chi connectivity index (χ2n) is 3.84. The number of Topliss-reactive ketones (excluding diaryl/α,β-unsaturated/α-hetero) is 1. The Kier molecular flexibility index (Phi) is 4.24. The minimum absolute atomic E-state index is 0.0704. The van der Waals surface area contributed by atoms with Gasteiger partial charge in [0.15, 0.2) is 5.78 Å². The van der Waals surface area contributed by atoms with Gasteiger partial charge < -0.3 is 4.42 Å². The van der Waals surface area contributed by atoms with Crippen molar-refractivity contribution in [1.82, 2.24) is 4.98 Å². The Balaban J connectivity index is 1.98. The van der Waals surface area contributed by atoms with Crippen LogP contribution in [-0.2, 0) is 0 Å². The summed E-state index contributed by atoms with van der Waals surface area (Å²) in [4.78, 5) is 16.1. The second-order valence-corrected chi connectivity index (χ2v) is 5.68. The number of thioether (sulfide) groups is 1. The van der Waals surface area contributed by atoms with Gasteiger partial charge in [-0.25, -0.2) is 4.98 Å². The molecule has 0 aliphatic carbocycles. The lowest BCUT2D eigenvalue weighted by Crippen LogP contribution is -2.01. The summed E-state index contributed by atoms with van der Waals surface area (Å²) in [6.45, 7) is 3.75.